The van der Waals surface area contributed by atoms with Crippen molar-refractivity contribution in [3.63, 3.8) is 0 Å². The van der Waals surface area contributed by atoms with Crippen LogP contribution in [0.15, 0.2) is 23.6 Å². The van der Waals surface area contributed by atoms with Crippen LogP contribution in [0.2, 0.25) is 0 Å². The molecule has 0 saturated carbocycles. The Labute approximate surface area is 151 Å². The molecule has 0 fully saturated rings. The Morgan fingerprint density at radius 1 is 1.20 bits per heavy atom. The van der Waals surface area contributed by atoms with Crippen LogP contribution in [0.1, 0.15) is 10.7 Å². The van der Waals surface area contributed by atoms with Crippen LogP contribution >= 0.6 is 22.7 Å². The molecule has 0 unspecified atom stereocenters. The average Bonchev–Trinajstić information content (AvgIpc) is 3.12. The molecule has 0 atom stereocenters. The van der Waals surface area contributed by atoms with Crippen LogP contribution in [0.25, 0.3) is 10.6 Å². The third-order valence-corrected chi connectivity index (χ3v) is 5.28. The van der Waals surface area contributed by atoms with E-state index in [0.717, 1.165) is 32.6 Å². The maximum absolute atomic E-state index is 13.8. The molecule has 3 aromatic rings. The van der Waals surface area contributed by atoms with Crippen molar-refractivity contribution in [2.24, 2.45) is 0 Å². The van der Waals surface area contributed by atoms with Gasteiger partial charge in [0, 0.05) is 12.4 Å². The maximum Gasteiger partial charge on any atom is 0.328 e. The van der Waals surface area contributed by atoms with Crippen molar-refractivity contribution < 1.29 is 13.6 Å². The number of hydrogen-bond donors (Lipinski definition) is 1. The van der Waals surface area contributed by atoms with Gasteiger partial charge in [-0.25, -0.2) is 23.5 Å². The number of carbonyl (C=O) groups is 1. The largest absolute Gasteiger partial charge is 0.328 e. The van der Waals surface area contributed by atoms with E-state index in [1.165, 1.54) is 35.8 Å². The van der Waals surface area contributed by atoms with Crippen LogP contribution < -0.4 is 10.2 Å². The lowest BCUT2D eigenvalue weighted by Gasteiger charge is -2.18. The topological polar surface area (TPSA) is 58.1 Å². The van der Waals surface area contributed by atoms with Gasteiger partial charge in [-0.1, -0.05) is 6.07 Å². The number of carbonyl (C=O) groups excluding carboxylic acids is 1. The molecule has 1 N–H and O–H groups in total. The molecule has 2 amide bonds. The monoisotopic (exact) mass is 380 g/mol. The molecule has 25 heavy (non-hydrogen) atoms. The normalized spacial score (nSPS) is 10.8. The maximum atomic E-state index is 13.8. The van der Waals surface area contributed by atoms with Crippen LogP contribution in [0, 0.1) is 25.5 Å². The van der Waals surface area contributed by atoms with Crippen LogP contribution in [0.3, 0.4) is 0 Å². The zero-order valence-corrected chi connectivity index (χ0v) is 15.3. The van der Waals surface area contributed by atoms with Crippen molar-refractivity contribution >= 4 is 39.5 Å². The molecular weight excluding hydrogens is 366 g/mol. The lowest BCUT2D eigenvalue weighted by molar-refractivity contribution is 0.257. The summed E-state index contributed by atoms with van der Waals surface area (Å²) in [6, 6.07) is 2.76. The highest BCUT2D eigenvalue weighted by atomic mass is 32.1. The van der Waals surface area contributed by atoms with Gasteiger partial charge in [0.05, 0.1) is 21.3 Å². The van der Waals surface area contributed by atoms with Crippen molar-refractivity contribution in [3.05, 3.63) is 45.9 Å². The third-order valence-electron chi connectivity index (χ3n) is 3.43. The van der Waals surface area contributed by atoms with Gasteiger partial charge in [-0.3, -0.25) is 10.2 Å². The van der Waals surface area contributed by atoms with E-state index in [4.69, 9.17) is 0 Å². The van der Waals surface area contributed by atoms with E-state index in [1.54, 1.807) is 5.38 Å². The number of aromatic nitrogens is 2. The smallest absolute Gasteiger partial charge is 0.292 e. The van der Waals surface area contributed by atoms with Gasteiger partial charge < -0.3 is 0 Å². The predicted molar refractivity (Wildman–Crippen MR) is 96.5 cm³/mol. The van der Waals surface area contributed by atoms with Gasteiger partial charge in [0.1, 0.15) is 17.3 Å². The number of halogens is 2. The summed E-state index contributed by atoms with van der Waals surface area (Å²) >= 11 is 2.75. The van der Waals surface area contributed by atoms with Crippen molar-refractivity contribution in [1.29, 1.82) is 0 Å². The van der Waals surface area contributed by atoms with Crippen molar-refractivity contribution in [2.75, 3.05) is 17.3 Å². The Hall–Kier alpha value is -2.39. The number of para-hydroxylation sites is 1. The Kier molecular flexibility index (Phi) is 4.78. The summed E-state index contributed by atoms with van der Waals surface area (Å²) in [5.74, 6) is -1.62. The number of thiazole rings is 2. The van der Waals surface area contributed by atoms with E-state index in [-0.39, 0.29) is 0 Å². The fraction of sp³-hybridized carbons (Fsp3) is 0.188. The molecule has 5 nitrogen and oxygen atoms in total. The number of rotatable bonds is 3. The number of hydrogen-bond acceptors (Lipinski definition) is 5. The number of amides is 2. The highest BCUT2D eigenvalue weighted by molar-refractivity contribution is 7.16. The molecule has 0 aliphatic rings. The van der Waals surface area contributed by atoms with Crippen LogP contribution in [-0.2, 0) is 0 Å². The van der Waals surface area contributed by atoms with Crippen LogP contribution in [0.4, 0.5) is 24.4 Å². The molecule has 3 rings (SSSR count). The first-order valence-electron chi connectivity index (χ1n) is 7.25. The second kappa shape index (κ2) is 6.85. The Morgan fingerprint density at radius 2 is 1.88 bits per heavy atom. The second-order valence-electron chi connectivity index (χ2n) is 5.24. The quantitative estimate of drug-likeness (QED) is 0.708. The summed E-state index contributed by atoms with van der Waals surface area (Å²) in [6.45, 7) is 3.80. The summed E-state index contributed by atoms with van der Waals surface area (Å²) in [4.78, 5) is 22.8. The van der Waals surface area contributed by atoms with Crippen molar-refractivity contribution in [3.8, 4) is 10.6 Å². The first-order chi connectivity index (χ1) is 11.9. The van der Waals surface area contributed by atoms with Gasteiger partial charge in [0.2, 0.25) is 0 Å². The minimum atomic E-state index is -0.812. The molecule has 1 aromatic carbocycles. The van der Waals surface area contributed by atoms with Crippen LogP contribution in [-0.4, -0.2) is 23.0 Å². The molecule has 0 saturated heterocycles. The SMILES string of the molecule is Cc1nc(C)c(-c2csc(NC(=O)N(C)c3c(F)cccc3F)n2)s1. The summed E-state index contributed by atoms with van der Waals surface area (Å²) in [6.07, 6.45) is 0. The zero-order chi connectivity index (χ0) is 18.1. The Morgan fingerprint density at radius 3 is 2.48 bits per heavy atom. The van der Waals surface area contributed by atoms with E-state index >= 15 is 0 Å². The first kappa shape index (κ1) is 17.4. The number of urea groups is 1. The first-order valence-corrected chi connectivity index (χ1v) is 8.95. The third kappa shape index (κ3) is 3.52. The lowest BCUT2D eigenvalue weighted by atomic mass is 10.3. The molecule has 9 heteroatoms. The summed E-state index contributed by atoms with van der Waals surface area (Å²) < 4.78 is 27.6. The molecule has 0 spiro atoms. The predicted octanol–water partition coefficient (Wildman–Crippen LogP) is 4.83. The molecular formula is C16H14F2N4OS2. The summed E-state index contributed by atoms with van der Waals surface area (Å²) in [5.41, 5.74) is 1.17. The minimum Gasteiger partial charge on any atom is -0.292 e. The standard InChI is InChI=1S/C16H14F2N4OS2/c1-8-14(25-9(2)19-8)12-7-24-15(20-12)21-16(23)22(3)13-10(17)5-4-6-11(13)18/h4-7H,1-3H3,(H,20,21,23). The second-order valence-corrected chi connectivity index (χ2v) is 7.31. The summed E-state index contributed by atoms with van der Waals surface area (Å²) in [5, 5.41) is 5.63. The van der Waals surface area contributed by atoms with E-state index in [9.17, 15) is 13.6 Å². The minimum absolute atomic E-state index is 0.342. The van der Waals surface area contributed by atoms with Crippen molar-refractivity contribution in [1.82, 2.24) is 9.97 Å². The number of aryl methyl sites for hydroxylation is 2. The Balaban J connectivity index is 1.79. The van der Waals surface area contributed by atoms with Crippen LogP contribution in [0.5, 0.6) is 0 Å². The van der Waals surface area contributed by atoms with Gasteiger partial charge in [0.15, 0.2) is 5.13 Å². The Bertz CT molecular complexity index is 918. The van der Waals surface area contributed by atoms with E-state index in [0.29, 0.717) is 10.8 Å². The summed E-state index contributed by atoms with van der Waals surface area (Å²) in [7, 11) is 1.29. The number of nitrogens with zero attached hydrogens (tertiary/aromatic N) is 3. The molecule has 0 aliphatic heterocycles. The fourth-order valence-corrected chi connectivity index (χ4v) is 3.94. The van der Waals surface area contributed by atoms with E-state index < -0.39 is 23.4 Å². The van der Waals surface area contributed by atoms with Gasteiger partial charge in [-0.05, 0) is 26.0 Å². The highest BCUT2D eigenvalue weighted by Crippen LogP contribution is 2.32. The fourth-order valence-electron chi connectivity index (χ4n) is 2.29. The number of anilines is 2. The zero-order valence-electron chi connectivity index (χ0n) is 13.6. The van der Waals surface area contributed by atoms with E-state index in [1.807, 2.05) is 13.8 Å². The van der Waals surface area contributed by atoms with E-state index in [2.05, 4.69) is 15.3 Å². The molecule has 0 radical (unpaired) electrons. The molecule has 0 bridgehead atoms. The highest BCUT2D eigenvalue weighted by Gasteiger charge is 2.20. The lowest BCUT2D eigenvalue weighted by Crippen LogP contribution is -2.32. The molecule has 2 heterocycles. The van der Waals surface area contributed by atoms with Gasteiger partial charge in [0.25, 0.3) is 0 Å². The molecule has 2 aromatic heterocycles. The molecule has 0 aliphatic carbocycles. The number of nitrogens with one attached hydrogen (secondary N) is 1. The average molecular weight is 380 g/mol. The van der Waals surface area contributed by atoms with Crippen molar-refractivity contribution in [2.45, 2.75) is 13.8 Å². The number of benzene rings is 1. The van der Waals surface area contributed by atoms with Gasteiger partial charge in [-0.2, -0.15) is 0 Å². The molecule has 130 valence electrons. The van der Waals surface area contributed by atoms with Gasteiger partial charge >= 0.3 is 6.03 Å². The van der Waals surface area contributed by atoms with Gasteiger partial charge in [-0.15, -0.1) is 22.7 Å².